The van der Waals surface area contributed by atoms with Gasteiger partial charge < -0.3 is 9.09 Å². The summed E-state index contributed by atoms with van der Waals surface area (Å²) in [6, 6.07) is 14.6. The van der Waals surface area contributed by atoms with Gasteiger partial charge in [-0.3, -0.25) is 4.90 Å². The molecule has 1 atom stereocenters. The van der Waals surface area contributed by atoms with Gasteiger partial charge in [0.25, 0.3) is 0 Å². The molecule has 156 valence electrons. The summed E-state index contributed by atoms with van der Waals surface area (Å²) in [5.41, 5.74) is 1.21. The number of thioether (sulfide) groups is 1. The Bertz CT molecular complexity index is 1060. The number of aromatic nitrogens is 5. The molecule has 3 heterocycles. The molecule has 0 unspecified atom stereocenters. The van der Waals surface area contributed by atoms with Crippen LogP contribution in [-0.4, -0.2) is 43.9 Å². The number of benzene rings is 1. The van der Waals surface area contributed by atoms with Gasteiger partial charge >= 0.3 is 0 Å². The van der Waals surface area contributed by atoms with Gasteiger partial charge in [0.15, 0.2) is 11.0 Å². The van der Waals surface area contributed by atoms with E-state index in [0.29, 0.717) is 17.5 Å². The minimum atomic E-state index is 0.199. The van der Waals surface area contributed by atoms with Gasteiger partial charge in [-0.1, -0.05) is 60.2 Å². The highest BCUT2D eigenvalue weighted by Crippen LogP contribution is 2.29. The maximum absolute atomic E-state index is 5.44. The zero-order valence-corrected chi connectivity index (χ0v) is 18.9. The molecule has 30 heavy (non-hydrogen) atoms. The first-order valence-electron chi connectivity index (χ1n) is 9.78. The van der Waals surface area contributed by atoms with E-state index in [4.69, 9.17) is 4.52 Å². The Morgan fingerprint density at radius 1 is 1.13 bits per heavy atom. The van der Waals surface area contributed by atoms with E-state index < -0.39 is 0 Å². The van der Waals surface area contributed by atoms with E-state index in [-0.39, 0.29) is 6.04 Å². The van der Waals surface area contributed by atoms with Crippen molar-refractivity contribution in [1.29, 1.82) is 0 Å². The second-order valence-corrected chi connectivity index (χ2v) is 8.97. The molecule has 4 rings (SSSR count). The fourth-order valence-corrected chi connectivity index (χ4v) is 4.72. The van der Waals surface area contributed by atoms with Crippen LogP contribution in [0, 0.1) is 0 Å². The average molecular weight is 441 g/mol. The Morgan fingerprint density at radius 3 is 2.67 bits per heavy atom. The van der Waals surface area contributed by atoms with Crippen LogP contribution >= 0.6 is 23.1 Å². The highest BCUT2D eigenvalue weighted by Gasteiger charge is 2.22. The van der Waals surface area contributed by atoms with Crippen LogP contribution in [0.1, 0.15) is 36.7 Å². The van der Waals surface area contributed by atoms with Gasteiger partial charge in [-0.25, -0.2) is 0 Å². The van der Waals surface area contributed by atoms with Crippen LogP contribution in [0.5, 0.6) is 0 Å². The summed E-state index contributed by atoms with van der Waals surface area (Å²) in [6.45, 7) is 2.89. The first-order chi connectivity index (χ1) is 14.7. The van der Waals surface area contributed by atoms with Crippen molar-refractivity contribution in [2.75, 3.05) is 14.1 Å². The second-order valence-electron chi connectivity index (χ2n) is 7.08. The highest BCUT2D eigenvalue weighted by molar-refractivity contribution is 7.98. The van der Waals surface area contributed by atoms with Crippen molar-refractivity contribution in [2.45, 2.75) is 36.8 Å². The summed E-state index contributed by atoms with van der Waals surface area (Å²) in [5, 5.41) is 16.0. The molecular formula is C21H24N6OS2. The fourth-order valence-electron chi connectivity index (χ4n) is 3.29. The molecule has 0 N–H and O–H groups in total. The molecule has 0 aliphatic carbocycles. The maximum Gasteiger partial charge on any atom is 0.237 e. The smallest absolute Gasteiger partial charge is 0.237 e. The number of hydrogen-bond acceptors (Lipinski definition) is 8. The molecule has 1 aromatic carbocycles. The van der Waals surface area contributed by atoms with Gasteiger partial charge in [-0.05, 0) is 37.5 Å². The molecule has 3 aromatic heterocycles. The SMILES string of the molecule is CC[C@H](c1nnc(SCc2nc(-c3cccs3)no2)n1Cc1ccccc1)N(C)C. The van der Waals surface area contributed by atoms with Crippen LogP contribution < -0.4 is 0 Å². The lowest BCUT2D eigenvalue weighted by molar-refractivity contribution is 0.272. The third-order valence-corrected chi connectivity index (χ3v) is 6.59. The molecule has 7 nitrogen and oxygen atoms in total. The van der Waals surface area contributed by atoms with Crippen LogP contribution in [0.15, 0.2) is 57.5 Å². The first-order valence-corrected chi connectivity index (χ1v) is 11.6. The van der Waals surface area contributed by atoms with Crippen molar-refractivity contribution in [1.82, 2.24) is 29.8 Å². The van der Waals surface area contributed by atoms with Crippen molar-refractivity contribution in [3.05, 3.63) is 65.1 Å². The third kappa shape index (κ3) is 4.63. The van der Waals surface area contributed by atoms with Gasteiger partial charge in [0.2, 0.25) is 11.7 Å². The molecule has 0 aliphatic heterocycles. The first kappa shape index (κ1) is 20.8. The lowest BCUT2D eigenvalue weighted by atomic mass is 10.2. The summed E-state index contributed by atoms with van der Waals surface area (Å²) in [6.07, 6.45) is 0.957. The quantitative estimate of drug-likeness (QED) is 0.348. The summed E-state index contributed by atoms with van der Waals surface area (Å²) in [4.78, 5) is 7.70. The lowest BCUT2D eigenvalue weighted by Crippen LogP contribution is -2.23. The zero-order valence-electron chi connectivity index (χ0n) is 17.2. The topological polar surface area (TPSA) is 72.9 Å². The summed E-state index contributed by atoms with van der Waals surface area (Å²) >= 11 is 3.16. The lowest BCUT2D eigenvalue weighted by Gasteiger charge is -2.23. The van der Waals surface area contributed by atoms with E-state index in [1.165, 1.54) is 5.56 Å². The predicted molar refractivity (Wildman–Crippen MR) is 119 cm³/mol. The number of rotatable bonds is 9. The molecule has 0 amide bonds. The number of nitrogens with zero attached hydrogens (tertiary/aromatic N) is 6. The van der Waals surface area contributed by atoms with Crippen molar-refractivity contribution in [3.63, 3.8) is 0 Å². The molecule has 0 spiro atoms. The molecular weight excluding hydrogens is 416 g/mol. The maximum atomic E-state index is 5.44. The van der Waals surface area contributed by atoms with Crippen molar-refractivity contribution >= 4 is 23.1 Å². The minimum Gasteiger partial charge on any atom is -0.338 e. The van der Waals surface area contributed by atoms with Crippen LogP contribution in [-0.2, 0) is 12.3 Å². The molecule has 0 bridgehead atoms. The number of hydrogen-bond donors (Lipinski definition) is 0. The largest absolute Gasteiger partial charge is 0.338 e. The van der Waals surface area contributed by atoms with E-state index in [0.717, 1.165) is 28.8 Å². The zero-order chi connectivity index (χ0) is 20.9. The molecule has 9 heteroatoms. The Labute approximate surface area is 184 Å². The van der Waals surface area contributed by atoms with Crippen LogP contribution in [0.3, 0.4) is 0 Å². The van der Waals surface area contributed by atoms with Gasteiger partial charge in [0.1, 0.15) is 0 Å². The third-order valence-electron chi connectivity index (χ3n) is 4.77. The van der Waals surface area contributed by atoms with Gasteiger partial charge in [0, 0.05) is 0 Å². The van der Waals surface area contributed by atoms with Crippen molar-refractivity contribution < 1.29 is 4.52 Å². The second kappa shape index (κ2) is 9.55. The van der Waals surface area contributed by atoms with Crippen LogP contribution in [0.25, 0.3) is 10.7 Å². The fraction of sp³-hybridized carbons (Fsp3) is 0.333. The predicted octanol–water partition coefficient (Wildman–Crippen LogP) is 4.74. The highest BCUT2D eigenvalue weighted by atomic mass is 32.2. The molecule has 0 saturated heterocycles. The van der Waals surface area contributed by atoms with E-state index in [1.807, 2.05) is 23.6 Å². The van der Waals surface area contributed by atoms with Gasteiger partial charge in [-0.2, -0.15) is 4.98 Å². The summed E-state index contributed by atoms with van der Waals surface area (Å²) < 4.78 is 7.64. The van der Waals surface area contributed by atoms with E-state index >= 15 is 0 Å². The van der Waals surface area contributed by atoms with E-state index in [9.17, 15) is 0 Å². The van der Waals surface area contributed by atoms with E-state index in [1.54, 1.807) is 23.1 Å². The van der Waals surface area contributed by atoms with Crippen molar-refractivity contribution in [3.8, 4) is 10.7 Å². The van der Waals surface area contributed by atoms with Gasteiger partial charge in [-0.15, -0.1) is 21.5 Å². The normalized spacial score (nSPS) is 12.5. The Kier molecular flexibility index (Phi) is 6.61. The standard InChI is InChI=1S/C21H24N6OS2/c1-4-16(26(2)3)20-23-24-21(27(20)13-15-9-6-5-7-10-15)30-14-18-22-19(25-28-18)17-11-8-12-29-17/h5-12,16H,4,13-14H2,1-3H3/t16-/m1/s1. The Hall–Kier alpha value is -2.49. The van der Waals surface area contributed by atoms with Crippen LogP contribution in [0.2, 0.25) is 0 Å². The molecule has 0 fully saturated rings. The van der Waals surface area contributed by atoms with E-state index in [2.05, 4.69) is 75.1 Å². The summed E-state index contributed by atoms with van der Waals surface area (Å²) in [7, 11) is 4.15. The van der Waals surface area contributed by atoms with Crippen molar-refractivity contribution in [2.24, 2.45) is 0 Å². The summed E-state index contributed by atoms with van der Waals surface area (Å²) in [5.74, 6) is 2.73. The monoisotopic (exact) mass is 440 g/mol. The molecule has 0 aliphatic rings. The van der Waals surface area contributed by atoms with Gasteiger partial charge in [0.05, 0.1) is 23.2 Å². The van der Waals surface area contributed by atoms with Crippen LogP contribution in [0.4, 0.5) is 0 Å². The Morgan fingerprint density at radius 2 is 1.97 bits per heavy atom. The number of thiophene rings is 1. The minimum absolute atomic E-state index is 0.199. The molecule has 0 radical (unpaired) electrons. The average Bonchev–Trinajstić information content (AvgIpc) is 3.49. The Balaban J connectivity index is 1.57. The molecule has 4 aromatic rings. The molecule has 0 saturated carbocycles.